The molecule has 116 valence electrons. The van der Waals surface area contributed by atoms with Gasteiger partial charge in [0.25, 0.3) is 0 Å². The molecule has 20 heavy (non-hydrogen) atoms. The van der Waals surface area contributed by atoms with E-state index < -0.39 is 0 Å². The van der Waals surface area contributed by atoms with Gasteiger partial charge in [-0.2, -0.15) is 0 Å². The lowest BCUT2D eigenvalue weighted by atomic mass is 9.78. The van der Waals surface area contributed by atoms with E-state index in [1.54, 1.807) is 7.11 Å². The van der Waals surface area contributed by atoms with Gasteiger partial charge in [-0.25, -0.2) is 0 Å². The fraction of sp³-hybridized carbons (Fsp3) is 0.933. The van der Waals surface area contributed by atoms with Crippen LogP contribution >= 0.6 is 11.8 Å². The summed E-state index contributed by atoms with van der Waals surface area (Å²) in [6, 6.07) is 0. The highest BCUT2D eigenvalue weighted by atomic mass is 32.2. The maximum atomic E-state index is 5.44. The van der Waals surface area contributed by atoms with Crippen LogP contribution in [0, 0.1) is 5.92 Å². The number of thioether (sulfide) groups is 1. The molecule has 1 heterocycles. The molecule has 1 aliphatic carbocycles. The van der Waals surface area contributed by atoms with Crippen LogP contribution in [-0.4, -0.2) is 49.9 Å². The van der Waals surface area contributed by atoms with E-state index in [0.717, 1.165) is 30.7 Å². The molecule has 2 fully saturated rings. The SMILES string of the molecule is COCCOCCCN=C1NC2(CCC(C)CC2)CS1. The molecule has 0 aromatic carbocycles. The lowest BCUT2D eigenvalue weighted by molar-refractivity contribution is 0.0702. The van der Waals surface area contributed by atoms with Crippen molar-refractivity contribution in [2.45, 2.75) is 44.6 Å². The summed E-state index contributed by atoms with van der Waals surface area (Å²) in [5, 5.41) is 4.84. The lowest BCUT2D eigenvalue weighted by Crippen LogP contribution is -2.46. The fourth-order valence-electron chi connectivity index (χ4n) is 2.77. The van der Waals surface area contributed by atoms with E-state index in [1.165, 1.54) is 31.4 Å². The van der Waals surface area contributed by atoms with Gasteiger partial charge in [0.05, 0.1) is 13.2 Å². The minimum absolute atomic E-state index is 0.352. The largest absolute Gasteiger partial charge is 0.382 e. The Morgan fingerprint density at radius 2 is 2.10 bits per heavy atom. The van der Waals surface area contributed by atoms with E-state index in [9.17, 15) is 0 Å². The third-order valence-corrected chi connectivity index (χ3v) is 5.42. The molecule has 0 aromatic rings. The number of aliphatic imine (C=N–C) groups is 1. The third kappa shape index (κ3) is 4.93. The lowest BCUT2D eigenvalue weighted by Gasteiger charge is -2.35. The van der Waals surface area contributed by atoms with Crippen LogP contribution in [0.25, 0.3) is 0 Å². The predicted molar refractivity (Wildman–Crippen MR) is 85.6 cm³/mol. The molecule has 0 unspecified atom stereocenters. The Morgan fingerprint density at radius 1 is 1.30 bits per heavy atom. The smallest absolute Gasteiger partial charge is 0.157 e. The summed E-state index contributed by atoms with van der Waals surface area (Å²) in [5.74, 6) is 2.10. The number of ether oxygens (including phenoxy) is 2. The normalized spacial score (nSPS) is 31.9. The van der Waals surface area contributed by atoms with Crippen molar-refractivity contribution < 1.29 is 9.47 Å². The van der Waals surface area contributed by atoms with Gasteiger partial charge in [-0.1, -0.05) is 18.7 Å². The van der Waals surface area contributed by atoms with E-state index in [2.05, 4.69) is 17.2 Å². The number of nitrogens with zero attached hydrogens (tertiary/aromatic N) is 1. The number of hydrogen-bond donors (Lipinski definition) is 1. The molecule has 0 radical (unpaired) electrons. The van der Waals surface area contributed by atoms with Crippen LogP contribution in [0.1, 0.15) is 39.0 Å². The topological polar surface area (TPSA) is 42.9 Å². The van der Waals surface area contributed by atoms with Gasteiger partial charge in [-0.05, 0) is 38.0 Å². The molecule has 1 saturated carbocycles. The number of methoxy groups -OCH3 is 1. The molecular weight excluding hydrogens is 272 g/mol. The van der Waals surface area contributed by atoms with Crippen molar-refractivity contribution in [2.24, 2.45) is 10.9 Å². The summed E-state index contributed by atoms with van der Waals surface area (Å²) in [7, 11) is 1.69. The van der Waals surface area contributed by atoms with Crippen molar-refractivity contribution in [3.8, 4) is 0 Å². The standard InChI is InChI=1S/C15H28N2O2S/c1-13-4-6-15(7-5-13)12-20-14(17-15)16-8-3-9-19-11-10-18-2/h13H,3-12H2,1-2H3,(H,16,17). The van der Waals surface area contributed by atoms with Crippen molar-refractivity contribution in [3.05, 3.63) is 0 Å². The second-order valence-corrected chi connectivity index (χ2v) is 6.99. The number of hydrogen-bond acceptors (Lipinski definition) is 4. The Labute approximate surface area is 127 Å². The van der Waals surface area contributed by atoms with Crippen LogP contribution in [0.5, 0.6) is 0 Å². The molecule has 4 nitrogen and oxygen atoms in total. The molecule has 1 N–H and O–H groups in total. The first kappa shape index (κ1) is 16.1. The summed E-state index contributed by atoms with van der Waals surface area (Å²) >= 11 is 1.90. The van der Waals surface area contributed by atoms with Gasteiger partial charge in [0.2, 0.25) is 0 Å². The van der Waals surface area contributed by atoms with E-state index >= 15 is 0 Å². The Morgan fingerprint density at radius 3 is 2.85 bits per heavy atom. The third-order valence-electron chi connectivity index (χ3n) is 4.22. The van der Waals surface area contributed by atoms with E-state index in [1.807, 2.05) is 11.8 Å². The average molecular weight is 300 g/mol. The second-order valence-electron chi connectivity index (χ2n) is 6.02. The molecular formula is C15H28N2O2S. The maximum absolute atomic E-state index is 5.44. The molecule has 0 aromatic heterocycles. The van der Waals surface area contributed by atoms with E-state index in [-0.39, 0.29) is 0 Å². The van der Waals surface area contributed by atoms with Crippen LogP contribution in [0.2, 0.25) is 0 Å². The fourth-order valence-corrected chi connectivity index (χ4v) is 4.01. The first-order valence-electron chi connectivity index (χ1n) is 7.76. The molecule has 1 saturated heterocycles. The zero-order valence-electron chi connectivity index (χ0n) is 12.8. The summed E-state index contributed by atoms with van der Waals surface area (Å²) in [5.41, 5.74) is 0.352. The molecule has 2 rings (SSSR count). The van der Waals surface area contributed by atoms with Crippen molar-refractivity contribution in [3.63, 3.8) is 0 Å². The average Bonchev–Trinajstić information content (AvgIpc) is 2.85. The number of rotatable bonds is 7. The van der Waals surface area contributed by atoms with Crippen LogP contribution in [0.3, 0.4) is 0 Å². The maximum Gasteiger partial charge on any atom is 0.157 e. The van der Waals surface area contributed by atoms with Gasteiger partial charge in [-0.3, -0.25) is 4.99 Å². The van der Waals surface area contributed by atoms with E-state index in [0.29, 0.717) is 18.8 Å². The summed E-state index contributed by atoms with van der Waals surface area (Å²) in [6.07, 6.45) is 6.31. The minimum Gasteiger partial charge on any atom is -0.382 e. The number of nitrogens with one attached hydrogen (secondary N) is 1. The minimum atomic E-state index is 0.352. The van der Waals surface area contributed by atoms with Crippen molar-refractivity contribution in [2.75, 3.05) is 39.2 Å². The summed E-state index contributed by atoms with van der Waals surface area (Å²) in [4.78, 5) is 4.67. The molecule has 1 aliphatic heterocycles. The summed E-state index contributed by atoms with van der Waals surface area (Å²) in [6.45, 7) is 5.35. The van der Waals surface area contributed by atoms with Gasteiger partial charge in [0.15, 0.2) is 5.17 Å². The highest BCUT2D eigenvalue weighted by molar-refractivity contribution is 8.14. The highest BCUT2D eigenvalue weighted by Gasteiger charge is 2.39. The molecule has 5 heteroatoms. The van der Waals surface area contributed by atoms with E-state index in [4.69, 9.17) is 9.47 Å². The highest BCUT2D eigenvalue weighted by Crippen LogP contribution is 2.38. The zero-order valence-corrected chi connectivity index (χ0v) is 13.6. The predicted octanol–water partition coefficient (Wildman–Crippen LogP) is 2.68. The van der Waals surface area contributed by atoms with Crippen LogP contribution in [0.15, 0.2) is 4.99 Å². The monoisotopic (exact) mass is 300 g/mol. The molecule has 0 bridgehead atoms. The molecule has 2 aliphatic rings. The van der Waals surface area contributed by atoms with Gasteiger partial charge in [-0.15, -0.1) is 0 Å². The Kier molecular flexibility index (Phi) is 6.65. The first-order valence-corrected chi connectivity index (χ1v) is 8.75. The second kappa shape index (κ2) is 8.25. The van der Waals surface area contributed by atoms with Crippen LogP contribution in [0.4, 0.5) is 0 Å². The van der Waals surface area contributed by atoms with Crippen LogP contribution < -0.4 is 5.32 Å². The Balaban J connectivity index is 1.61. The quantitative estimate of drug-likeness (QED) is 0.734. The molecule has 1 spiro atoms. The first-order chi connectivity index (χ1) is 9.74. The van der Waals surface area contributed by atoms with Gasteiger partial charge in [0, 0.05) is 31.6 Å². The number of amidine groups is 1. The summed E-state index contributed by atoms with van der Waals surface area (Å²) < 4.78 is 10.4. The van der Waals surface area contributed by atoms with Crippen molar-refractivity contribution >= 4 is 16.9 Å². The Bertz CT molecular complexity index is 315. The van der Waals surface area contributed by atoms with Crippen LogP contribution in [-0.2, 0) is 9.47 Å². The van der Waals surface area contributed by atoms with Gasteiger partial charge >= 0.3 is 0 Å². The molecule has 0 amide bonds. The molecule has 0 atom stereocenters. The van der Waals surface area contributed by atoms with Crippen molar-refractivity contribution in [1.29, 1.82) is 0 Å². The Hall–Kier alpha value is -0.260. The van der Waals surface area contributed by atoms with Gasteiger partial charge in [0.1, 0.15) is 0 Å². The van der Waals surface area contributed by atoms with Crippen molar-refractivity contribution in [1.82, 2.24) is 5.32 Å². The van der Waals surface area contributed by atoms with Gasteiger partial charge < -0.3 is 14.8 Å². The zero-order chi connectivity index (χ0) is 14.3.